The summed E-state index contributed by atoms with van der Waals surface area (Å²) in [6.07, 6.45) is 1.07. The first-order chi connectivity index (χ1) is 13.6. The van der Waals surface area contributed by atoms with Crippen molar-refractivity contribution in [3.05, 3.63) is 93.7 Å². The Balaban J connectivity index is 1.67. The maximum atomic E-state index is 12.4. The molecular formula is C20H14N4O4. The van der Waals surface area contributed by atoms with E-state index in [0.717, 1.165) is 11.8 Å². The lowest BCUT2D eigenvalue weighted by molar-refractivity contribution is -0.385. The number of ether oxygens (including phenoxy) is 1. The zero-order valence-corrected chi connectivity index (χ0v) is 14.5. The van der Waals surface area contributed by atoms with Crippen LogP contribution in [0.3, 0.4) is 0 Å². The topological polar surface area (TPSA) is 118 Å². The number of nitriles is 1. The van der Waals surface area contributed by atoms with Crippen molar-refractivity contribution in [1.82, 2.24) is 4.98 Å². The maximum Gasteiger partial charge on any atom is 0.287 e. The minimum Gasteiger partial charge on any atom is -0.489 e. The van der Waals surface area contributed by atoms with Gasteiger partial charge in [-0.3, -0.25) is 14.9 Å². The Hall–Kier alpha value is -4.25. The van der Waals surface area contributed by atoms with Gasteiger partial charge in [-0.1, -0.05) is 24.3 Å². The lowest BCUT2D eigenvalue weighted by Crippen LogP contribution is -2.13. The van der Waals surface area contributed by atoms with Crippen LogP contribution in [0.1, 0.15) is 21.5 Å². The first-order valence-electron chi connectivity index (χ1n) is 8.19. The molecule has 138 valence electrons. The van der Waals surface area contributed by atoms with E-state index in [1.54, 1.807) is 42.5 Å². The molecule has 0 spiro atoms. The summed E-state index contributed by atoms with van der Waals surface area (Å²) in [5.41, 5.74) is 1.45. The van der Waals surface area contributed by atoms with Crippen LogP contribution in [0.2, 0.25) is 0 Å². The number of carbonyl (C=O) groups is 1. The molecule has 0 aliphatic rings. The molecule has 0 saturated heterocycles. The summed E-state index contributed by atoms with van der Waals surface area (Å²) in [5.74, 6) is 0.242. The van der Waals surface area contributed by atoms with E-state index in [0.29, 0.717) is 16.9 Å². The minimum atomic E-state index is -0.566. The highest BCUT2D eigenvalue weighted by atomic mass is 16.6. The van der Waals surface area contributed by atoms with E-state index < -0.39 is 10.8 Å². The Morgan fingerprint density at radius 1 is 1.18 bits per heavy atom. The van der Waals surface area contributed by atoms with Crippen LogP contribution in [-0.4, -0.2) is 15.8 Å². The smallest absolute Gasteiger partial charge is 0.287 e. The summed E-state index contributed by atoms with van der Waals surface area (Å²) in [4.78, 5) is 26.3. The number of nitrogens with zero attached hydrogens (tertiary/aromatic N) is 3. The van der Waals surface area contributed by atoms with Gasteiger partial charge in [-0.15, -0.1) is 0 Å². The molecule has 2 aromatic carbocycles. The fourth-order valence-electron chi connectivity index (χ4n) is 2.40. The first kappa shape index (κ1) is 18.5. The molecule has 0 atom stereocenters. The highest BCUT2D eigenvalue weighted by Crippen LogP contribution is 2.18. The van der Waals surface area contributed by atoms with E-state index in [9.17, 15) is 14.9 Å². The average molecular weight is 374 g/mol. The van der Waals surface area contributed by atoms with Crippen molar-refractivity contribution in [2.24, 2.45) is 0 Å². The maximum absolute atomic E-state index is 12.4. The zero-order valence-electron chi connectivity index (χ0n) is 14.5. The number of hydrogen-bond acceptors (Lipinski definition) is 6. The van der Waals surface area contributed by atoms with E-state index in [1.807, 2.05) is 6.07 Å². The first-order valence-corrected chi connectivity index (χ1v) is 8.19. The molecule has 0 fully saturated rings. The molecule has 0 saturated carbocycles. The fourth-order valence-corrected chi connectivity index (χ4v) is 2.40. The van der Waals surface area contributed by atoms with Crippen LogP contribution in [0.25, 0.3) is 0 Å². The number of benzene rings is 2. The zero-order chi connectivity index (χ0) is 19.9. The lowest BCUT2D eigenvalue weighted by atomic mass is 10.1. The largest absolute Gasteiger partial charge is 0.489 e. The third kappa shape index (κ3) is 4.47. The van der Waals surface area contributed by atoms with Crippen molar-refractivity contribution < 1.29 is 14.5 Å². The second-order valence-corrected chi connectivity index (χ2v) is 5.70. The van der Waals surface area contributed by atoms with Gasteiger partial charge in [0.25, 0.3) is 11.6 Å². The Morgan fingerprint density at radius 3 is 2.71 bits per heavy atom. The van der Waals surface area contributed by atoms with Gasteiger partial charge in [0.1, 0.15) is 24.4 Å². The number of aromatic nitrogens is 1. The van der Waals surface area contributed by atoms with Gasteiger partial charge in [0.05, 0.1) is 16.6 Å². The van der Waals surface area contributed by atoms with Crippen LogP contribution in [0.15, 0.2) is 66.9 Å². The van der Waals surface area contributed by atoms with Crippen LogP contribution >= 0.6 is 0 Å². The SMILES string of the molecule is N#Cc1ccccc1COc1cccc(C(=O)Nc2ccc([N+](=O)[O-])cn2)c1. The average Bonchev–Trinajstić information content (AvgIpc) is 2.73. The Kier molecular flexibility index (Phi) is 5.58. The predicted octanol–water partition coefficient (Wildman–Crippen LogP) is 3.69. The van der Waals surface area contributed by atoms with E-state index in [1.165, 1.54) is 12.1 Å². The van der Waals surface area contributed by atoms with E-state index in [4.69, 9.17) is 10.00 Å². The Morgan fingerprint density at radius 2 is 2.00 bits per heavy atom. The summed E-state index contributed by atoms with van der Waals surface area (Å²) in [6.45, 7) is 0.193. The molecule has 3 rings (SSSR count). The number of amides is 1. The minimum absolute atomic E-state index is 0.161. The van der Waals surface area contributed by atoms with E-state index in [-0.39, 0.29) is 18.1 Å². The van der Waals surface area contributed by atoms with Crippen LogP contribution in [0.5, 0.6) is 5.75 Å². The van der Waals surface area contributed by atoms with Crippen molar-refractivity contribution in [3.8, 4) is 11.8 Å². The van der Waals surface area contributed by atoms with Crippen molar-refractivity contribution in [2.75, 3.05) is 5.32 Å². The summed E-state index contributed by atoms with van der Waals surface area (Å²) in [6, 6.07) is 18.4. The third-order valence-corrected chi connectivity index (χ3v) is 3.83. The summed E-state index contributed by atoms with van der Waals surface area (Å²) >= 11 is 0. The molecule has 1 amide bonds. The Labute approximate surface area is 160 Å². The van der Waals surface area contributed by atoms with Gasteiger partial charge >= 0.3 is 0 Å². The Bertz CT molecular complexity index is 1060. The highest BCUT2D eigenvalue weighted by molar-refractivity contribution is 6.04. The van der Waals surface area contributed by atoms with Crippen LogP contribution < -0.4 is 10.1 Å². The van der Waals surface area contributed by atoms with Gasteiger partial charge < -0.3 is 10.1 Å². The molecule has 1 aromatic heterocycles. The van der Waals surface area contributed by atoms with Gasteiger partial charge in [0.2, 0.25) is 0 Å². The highest BCUT2D eigenvalue weighted by Gasteiger charge is 2.11. The molecule has 1 N–H and O–H groups in total. The molecule has 0 aliphatic heterocycles. The van der Waals surface area contributed by atoms with Crippen LogP contribution in [0.4, 0.5) is 11.5 Å². The molecule has 0 unspecified atom stereocenters. The van der Waals surface area contributed by atoms with E-state index >= 15 is 0 Å². The molecule has 8 nitrogen and oxygen atoms in total. The number of rotatable bonds is 6. The molecule has 3 aromatic rings. The molecular weight excluding hydrogens is 360 g/mol. The predicted molar refractivity (Wildman–Crippen MR) is 101 cm³/mol. The second kappa shape index (κ2) is 8.42. The second-order valence-electron chi connectivity index (χ2n) is 5.70. The number of anilines is 1. The molecule has 0 bridgehead atoms. The quantitative estimate of drug-likeness (QED) is 0.519. The van der Waals surface area contributed by atoms with E-state index in [2.05, 4.69) is 16.4 Å². The standard InChI is InChI=1S/C20H14N4O4/c21-11-15-4-1-2-5-16(15)13-28-18-7-3-6-14(10-18)20(25)23-19-9-8-17(12-22-19)24(26)27/h1-10,12H,13H2,(H,22,23,25). The number of hydrogen-bond donors (Lipinski definition) is 1. The molecule has 0 radical (unpaired) electrons. The fraction of sp³-hybridized carbons (Fsp3) is 0.0500. The van der Waals surface area contributed by atoms with Gasteiger partial charge in [-0.05, 0) is 30.3 Å². The number of carbonyl (C=O) groups excluding carboxylic acids is 1. The molecule has 0 aliphatic carbocycles. The van der Waals surface area contributed by atoms with Gasteiger partial charge in [0, 0.05) is 17.2 Å². The van der Waals surface area contributed by atoms with Gasteiger partial charge in [0.15, 0.2) is 0 Å². The molecule has 1 heterocycles. The van der Waals surface area contributed by atoms with Crippen LogP contribution in [-0.2, 0) is 6.61 Å². The molecule has 8 heteroatoms. The summed E-state index contributed by atoms with van der Waals surface area (Å²) < 4.78 is 5.70. The normalized spacial score (nSPS) is 9.96. The van der Waals surface area contributed by atoms with Crippen molar-refractivity contribution in [2.45, 2.75) is 6.61 Å². The van der Waals surface area contributed by atoms with Gasteiger partial charge in [-0.25, -0.2) is 4.98 Å². The van der Waals surface area contributed by atoms with Crippen molar-refractivity contribution >= 4 is 17.4 Å². The van der Waals surface area contributed by atoms with Gasteiger partial charge in [-0.2, -0.15) is 5.26 Å². The number of pyridine rings is 1. The summed E-state index contributed by atoms with van der Waals surface area (Å²) in [7, 11) is 0. The monoisotopic (exact) mass is 374 g/mol. The number of nitrogens with one attached hydrogen (secondary N) is 1. The third-order valence-electron chi connectivity index (χ3n) is 3.83. The lowest BCUT2D eigenvalue weighted by Gasteiger charge is -2.09. The van der Waals surface area contributed by atoms with Crippen molar-refractivity contribution in [1.29, 1.82) is 5.26 Å². The number of nitro groups is 1. The van der Waals surface area contributed by atoms with Crippen LogP contribution in [0, 0.1) is 21.4 Å². The molecule has 28 heavy (non-hydrogen) atoms. The summed E-state index contributed by atoms with van der Waals surface area (Å²) in [5, 5.41) is 22.3. The van der Waals surface area contributed by atoms with Crippen molar-refractivity contribution in [3.63, 3.8) is 0 Å².